The molecule has 1 heterocycles. The van der Waals surface area contributed by atoms with E-state index in [2.05, 4.69) is 22.3 Å². The molecule has 0 atom stereocenters. The van der Waals surface area contributed by atoms with E-state index in [0.717, 1.165) is 17.2 Å². The number of aromatic amines is 1. The maximum absolute atomic E-state index is 10.5. The number of aryl methyl sites for hydroxylation is 1. The molecule has 124 valence electrons. The zero-order valence-electron chi connectivity index (χ0n) is 13.5. The first kappa shape index (κ1) is 15.6. The summed E-state index contributed by atoms with van der Waals surface area (Å²) in [6.07, 6.45) is 0.843. The molecule has 0 amide bonds. The van der Waals surface area contributed by atoms with Gasteiger partial charge in [-0.2, -0.15) is 5.10 Å². The summed E-state index contributed by atoms with van der Waals surface area (Å²) >= 11 is 5.39. The highest BCUT2D eigenvalue weighted by atomic mass is 32.1. The summed E-state index contributed by atoms with van der Waals surface area (Å²) in [5.74, 6) is 0.859. The zero-order chi connectivity index (χ0) is 17.2. The minimum Gasteiger partial charge on any atom is -0.507 e. The Balaban J connectivity index is 1.74. The van der Waals surface area contributed by atoms with Gasteiger partial charge in [-0.05, 0) is 47.1 Å². The third-order valence-electron chi connectivity index (χ3n) is 4.33. The van der Waals surface area contributed by atoms with E-state index in [4.69, 9.17) is 12.2 Å². The van der Waals surface area contributed by atoms with Gasteiger partial charge < -0.3 is 5.11 Å². The van der Waals surface area contributed by atoms with E-state index in [9.17, 15) is 5.11 Å². The molecular formula is C20H17N3OS. The van der Waals surface area contributed by atoms with E-state index in [1.54, 1.807) is 6.07 Å². The quantitative estimate of drug-likeness (QED) is 0.526. The predicted octanol–water partition coefficient (Wildman–Crippen LogP) is 4.71. The van der Waals surface area contributed by atoms with Crippen LogP contribution in [0.3, 0.4) is 0 Å². The standard InChI is InChI=1S/C20H17N3OS/c24-18-13-16-9-5-4-8-15(16)12-17(18)19-21-22-20(25)23(19)11-10-14-6-2-1-3-7-14/h1-9,12-13,24H,10-11H2,(H,22,25). The van der Waals surface area contributed by atoms with Crippen LogP contribution >= 0.6 is 12.2 Å². The summed E-state index contributed by atoms with van der Waals surface area (Å²) in [4.78, 5) is 0. The number of aromatic nitrogens is 3. The fraction of sp³-hybridized carbons (Fsp3) is 0.100. The molecule has 0 aliphatic carbocycles. The van der Waals surface area contributed by atoms with Gasteiger partial charge in [-0.1, -0.05) is 54.6 Å². The third-order valence-corrected chi connectivity index (χ3v) is 4.64. The summed E-state index contributed by atoms with van der Waals surface area (Å²) in [6.45, 7) is 0.695. The van der Waals surface area contributed by atoms with Crippen LogP contribution in [0, 0.1) is 4.77 Å². The number of H-pyrrole nitrogens is 1. The number of aromatic hydroxyl groups is 1. The summed E-state index contributed by atoms with van der Waals surface area (Å²) in [6, 6.07) is 21.9. The van der Waals surface area contributed by atoms with Gasteiger partial charge in [-0.3, -0.25) is 9.67 Å². The number of fused-ring (bicyclic) bond motifs is 1. The normalized spacial score (nSPS) is 11.0. The molecule has 1 aromatic heterocycles. The van der Waals surface area contributed by atoms with Crippen LogP contribution in [-0.2, 0) is 13.0 Å². The van der Waals surface area contributed by atoms with Gasteiger partial charge in [-0.15, -0.1) is 0 Å². The minimum absolute atomic E-state index is 0.202. The molecular weight excluding hydrogens is 330 g/mol. The smallest absolute Gasteiger partial charge is 0.195 e. The van der Waals surface area contributed by atoms with Crippen LogP contribution < -0.4 is 0 Å². The zero-order valence-corrected chi connectivity index (χ0v) is 14.3. The summed E-state index contributed by atoms with van der Waals surface area (Å²) in [5, 5.41) is 19.7. The van der Waals surface area contributed by atoms with Gasteiger partial charge in [0.15, 0.2) is 10.6 Å². The molecule has 4 nitrogen and oxygen atoms in total. The van der Waals surface area contributed by atoms with Crippen LogP contribution in [0.2, 0.25) is 0 Å². The van der Waals surface area contributed by atoms with Crippen molar-refractivity contribution in [2.24, 2.45) is 0 Å². The van der Waals surface area contributed by atoms with E-state index >= 15 is 0 Å². The molecule has 0 aliphatic rings. The predicted molar refractivity (Wildman–Crippen MR) is 102 cm³/mol. The van der Waals surface area contributed by atoms with Gasteiger partial charge >= 0.3 is 0 Å². The van der Waals surface area contributed by atoms with Crippen LogP contribution in [0.25, 0.3) is 22.2 Å². The van der Waals surface area contributed by atoms with Crippen molar-refractivity contribution in [2.45, 2.75) is 13.0 Å². The second kappa shape index (κ2) is 6.53. The maximum atomic E-state index is 10.5. The average molecular weight is 347 g/mol. The van der Waals surface area contributed by atoms with Crippen LogP contribution in [0.1, 0.15) is 5.56 Å². The lowest BCUT2D eigenvalue weighted by molar-refractivity contribution is 0.477. The number of nitrogens with zero attached hydrogens (tertiary/aromatic N) is 2. The van der Waals surface area contributed by atoms with Crippen molar-refractivity contribution in [3.63, 3.8) is 0 Å². The first-order valence-corrected chi connectivity index (χ1v) is 8.54. The maximum Gasteiger partial charge on any atom is 0.195 e. The van der Waals surface area contributed by atoms with Crippen molar-refractivity contribution in [3.8, 4) is 17.1 Å². The highest BCUT2D eigenvalue weighted by molar-refractivity contribution is 7.71. The van der Waals surface area contributed by atoms with Crippen LogP contribution in [0.5, 0.6) is 5.75 Å². The second-order valence-electron chi connectivity index (χ2n) is 5.96. The lowest BCUT2D eigenvalue weighted by Crippen LogP contribution is -2.04. The molecule has 0 unspecified atom stereocenters. The Labute approximate surface area is 150 Å². The van der Waals surface area contributed by atoms with E-state index in [0.29, 0.717) is 22.7 Å². The number of hydrogen-bond acceptors (Lipinski definition) is 3. The minimum atomic E-state index is 0.202. The Bertz CT molecular complexity index is 1080. The van der Waals surface area contributed by atoms with Gasteiger partial charge in [0.25, 0.3) is 0 Å². The molecule has 0 radical (unpaired) electrons. The van der Waals surface area contributed by atoms with E-state index in [-0.39, 0.29) is 5.75 Å². The number of benzene rings is 3. The van der Waals surface area contributed by atoms with Gasteiger partial charge in [0, 0.05) is 6.54 Å². The molecule has 4 aromatic rings. The Morgan fingerprint density at radius 1 is 0.960 bits per heavy atom. The van der Waals surface area contributed by atoms with Gasteiger partial charge in [0.2, 0.25) is 0 Å². The Morgan fingerprint density at radius 2 is 1.64 bits per heavy atom. The van der Waals surface area contributed by atoms with Crippen molar-refractivity contribution in [3.05, 3.63) is 77.1 Å². The number of hydrogen-bond donors (Lipinski definition) is 2. The number of phenolic OH excluding ortho intramolecular Hbond substituents is 1. The lowest BCUT2D eigenvalue weighted by Gasteiger charge is -2.10. The first-order chi connectivity index (χ1) is 12.2. The van der Waals surface area contributed by atoms with Gasteiger partial charge in [-0.25, -0.2) is 0 Å². The summed E-state index contributed by atoms with van der Waals surface area (Å²) in [7, 11) is 0. The number of phenols is 1. The molecule has 0 aliphatic heterocycles. The largest absolute Gasteiger partial charge is 0.507 e. The van der Waals surface area contributed by atoms with Crippen molar-refractivity contribution < 1.29 is 5.11 Å². The van der Waals surface area contributed by atoms with Crippen LogP contribution in [0.4, 0.5) is 0 Å². The monoisotopic (exact) mass is 347 g/mol. The SMILES string of the molecule is Oc1cc2ccccc2cc1-c1n[nH]c(=S)n1CCc1ccccc1. The van der Waals surface area contributed by atoms with Crippen molar-refractivity contribution in [1.82, 2.24) is 14.8 Å². The number of rotatable bonds is 4. The second-order valence-corrected chi connectivity index (χ2v) is 6.34. The van der Waals surface area contributed by atoms with E-state index in [1.165, 1.54) is 5.56 Å². The fourth-order valence-electron chi connectivity index (χ4n) is 3.02. The summed E-state index contributed by atoms with van der Waals surface area (Å²) in [5.41, 5.74) is 1.92. The molecule has 5 heteroatoms. The van der Waals surface area contributed by atoms with Crippen LogP contribution in [0.15, 0.2) is 66.7 Å². The molecule has 0 bridgehead atoms. The molecule has 0 saturated carbocycles. The van der Waals surface area contributed by atoms with Gasteiger partial charge in [0.1, 0.15) is 5.75 Å². The molecule has 2 N–H and O–H groups in total. The highest BCUT2D eigenvalue weighted by Gasteiger charge is 2.14. The highest BCUT2D eigenvalue weighted by Crippen LogP contribution is 2.32. The first-order valence-electron chi connectivity index (χ1n) is 8.13. The lowest BCUT2D eigenvalue weighted by atomic mass is 10.1. The average Bonchev–Trinajstić information content (AvgIpc) is 3.00. The van der Waals surface area contributed by atoms with E-state index < -0.39 is 0 Å². The Morgan fingerprint density at radius 3 is 2.40 bits per heavy atom. The van der Waals surface area contributed by atoms with Gasteiger partial charge in [0.05, 0.1) is 5.56 Å². The Hall–Kier alpha value is -2.92. The van der Waals surface area contributed by atoms with E-state index in [1.807, 2.05) is 53.1 Å². The van der Waals surface area contributed by atoms with Crippen molar-refractivity contribution in [2.75, 3.05) is 0 Å². The van der Waals surface area contributed by atoms with Crippen molar-refractivity contribution >= 4 is 23.0 Å². The number of nitrogens with one attached hydrogen (secondary N) is 1. The molecule has 0 saturated heterocycles. The molecule has 4 rings (SSSR count). The van der Waals surface area contributed by atoms with Crippen molar-refractivity contribution in [1.29, 1.82) is 0 Å². The fourth-order valence-corrected chi connectivity index (χ4v) is 3.25. The molecule has 0 spiro atoms. The molecule has 0 fully saturated rings. The third kappa shape index (κ3) is 3.06. The summed E-state index contributed by atoms with van der Waals surface area (Å²) < 4.78 is 2.49. The molecule has 25 heavy (non-hydrogen) atoms. The topological polar surface area (TPSA) is 53.8 Å². The Kier molecular flexibility index (Phi) is 4.07. The van der Waals surface area contributed by atoms with Crippen LogP contribution in [-0.4, -0.2) is 19.9 Å². The molecule has 3 aromatic carbocycles.